The van der Waals surface area contributed by atoms with E-state index >= 15 is 0 Å². The second kappa shape index (κ2) is 6.72. The molecule has 1 heterocycles. The molecular weight excluding hydrogens is 293 g/mol. The Morgan fingerprint density at radius 2 is 2.00 bits per heavy atom. The number of nitrogens with two attached hydrogens (primary N) is 1. The van der Waals surface area contributed by atoms with E-state index in [1.165, 1.54) is 12.5 Å². The van der Waals surface area contributed by atoms with Gasteiger partial charge >= 0.3 is 0 Å². The van der Waals surface area contributed by atoms with E-state index in [9.17, 15) is 12.8 Å². The Morgan fingerprint density at radius 3 is 2.62 bits per heavy atom. The van der Waals surface area contributed by atoms with E-state index in [0.717, 1.165) is 38.1 Å². The second-order valence-electron chi connectivity index (χ2n) is 5.57. The summed E-state index contributed by atoms with van der Waals surface area (Å²) >= 11 is 0. The van der Waals surface area contributed by atoms with Crippen LogP contribution in [0.5, 0.6) is 0 Å². The molecule has 7 heteroatoms. The van der Waals surface area contributed by atoms with E-state index in [2.05, 4.69) is 9.62 Å². The van der Waals surface area contributed by atoms with Crippen LogP contribution in [0.4, 0.5) is 10.1 Å². The smallest absolute Gasteiger partial charge is 0.242 e. The van der Waals surface area contributed by atoms with Gasteiger partial charge in [0.25, 0.3) is 0 Å². The van der Waals surface area contributed by atoms with Crippen molar-refractivity contribution in [2.45, 2.75) is 37.1 Å². The van der Waals surface area contributed by atoms with Crippen molar-refractivity contribution in [3.63, 3.8) is 0 Å². The minimum Gasteiger partial charge on any atom is -0.398 e. The number of piperidine rings is 1. The molecule has 118 valence electrons. The number of anilines is 1. The predicted octanol–water partition coefficient (Wildman–Crippen LogP) is 1.56. The van der Waals surface area contributed by atoms with Crippen LogP contribution >= 0.6 is 0 Å². The van der Waals surface area contributed by atoms with Crippen LogP contribution < -0.4 is 10.5 Å². The number of nitrogens with zero attached hydrogens (tertiary/aromatic N) is 1. The quantitative estimate of drug-likeness (QED) is 0.809. The van der Waals surface area contributed by atoms with Crippen molar-refractivity contribution in [1.82, 2.24) is 9.62 Å². The van der Waals surface area contributed by atoms with Crippen LogP contribution in [0.2, 0.25) is 0 Å². The molecule has 0 amide bonds. The van der Waals surface area contributed by atoms with Gasteiger partial charge in [-0.2, -0.15) is 0 Å². The summed E-state index contributed by atoms with van der Waals surface area (Å²) < 4.78 is 40.2. The lowest BCUT2D eigenvalue weighted by Crippen LogP contribution is -2.43. The fourth-order valence-corrected chi connectivity index (χ4v) is 4.01. The van der Waals surface area contributed by atoms with Gasteiger partial charge in [0.05, 0.1) is 5.69 Å². The Hall–Kier alpha value is -1.18. The lowest BCUT2D eigenvalue weighted by atomic mass is 10.1. The molecule has 0 bridgehead atoms. The molecule has 1 aromatic carbocycles. The molecule has 5 nitrogen and oxygen atoms in total. The Bertz CT molecular complexity index is 586. The van der Waals surface area contributed by atoms with Crippen molar-refractivity contribution in [3.05, 3.63) is 24.0 Å². The maximum atomic E-state index is 13.0. The topological polar surface area (TPSA) is 75.4 Å². The van der Waals surface area contributed by atoms with Crippen LogP contribution in [0, 0.1) is 5.82 Å². The standard InChI is InChI=1S/C14H22FN3O2S/c1-11(10-18-7-3-2-4-8-18)17-21(19,20)14-6-5-12(15)9-13(14)16/h5-6,9,11,17H,2-4,7-8,10,16H2,1H3. The van der Waals surface area contributed by atoms with Crippen molar-refractivity contribution in [2.75, 3.05) is 25.4 Å². The number of hydrogen-bond acceptors (Lipinski definition) is 4. The van der Waals surface area contributed by atoms with Crippen LogP contribution in [0.25, 0.3) is 0 Å². The van der Waals surface area contributed by atoms with Crippen molar-refractivity contribution in [1.29, 1.82) is 0 Å². The summed E-state index contributed by atoms with van der Waals surface area (Å²) in [4.78, 5) is 2.18. The van der Waals surface area contributed by atoms with E-state index < -0.39 is 15.8 Å². The molecule has 0 aromatic heterocycles. The molecule has 1 atom stereocenters. The largest absolute Gasteiger partial charge is 0.398 e. The summed E-state index contributed by atoms with van der Waals surface area (Å²) in [6.07, 6.45) is 3.55. The minimum absolute atomic E-state index is 0.0746. The Labute approximate surface area is 125 Å². The number of nitrogen functional groups attached to an aromatic ring is 1. The molecule has 0 spiro atoms. The van der Waals surface area contributed by atoms with Crippen LogP contribution in [-0.2, 0) is 10.0 Å². The fraction of sp³-hybridized carbons (Fsp3) is 0.571. The molecule has 1 aliphatic heterocycles. The zero-order chi connectivity index (χ0) is 15.5. The molecule has 3 N–H and O–H groups in total. The van der Waals surface area contributed by atoms with Crippen molar-refractivity contribution >= 4 is 15.7 Å². The van der Waals surface area contributed by atoms with Crippen molar-refractivity contribution in [3.8, 4) is 0 Å². The molecule has 1 aromatic rings. The number of hydrogen-bond donors (Lipinski definition) is 2. The Balaban J connectivity index is 2.02. The zero-order valence-corrected chi connectivity index (χ0v) is 13.0. The minimum atomic E-state index is -3.73. The van der Waals surface area contributed by atoms with Gasteiger partial charge in [0, 0.05) is 12.6 Å². The average molecular weight is 315 g/mol. The third-order valence-electron chi connectivity index (χ3n) is 3.60. The summed E-state index contributed by atoms with van der Waals surface area (Å²) in [6.45, 7) is 4.50. The molecule has 1 fully saturated rings. The normalized spacial score (nSPS) is 18.6. The number of sulfonamides is 1. The fourth-order valence-electron chi connectivity index (χ4n) is 2.66. The molecule has 0 radical (unpaired) electrons. The Kier molecular flexibility index (Phi) is 5.18. The van der Waals surface area contributed by atoms with Crippen molar-refractivity contribution in [2.24, 2.45) is 0 Å². The summed E-state index contributed by atoms with van der Waals surface area (Å²) in [7, 11) is -3.73. The first-order valence-electron chi connectivity index (χ1n) is 7.18. The molecule has 2 rings (SSSR count). The number of nitrogens with one attached hydrogen (secondary N) is 1. The van der Waals surface area contributed by atoms with Gasteiger partial charge in [-0.15, -0.1) is 0 Å². The molecule has 1 aliphatic rings. The van der Waals surface area contributed by atoms with Gasteiger partial charge in [0.15, 0.2) is 0 Å². The highest BCUT2D eigenvalue weighted by Gasteiger charge is 2.22. The number of benzene rings is 1. The molecule has 0 aliphatic carbocycles. The van der Waals surface area contributed by atoms with Crippen LogP contribution in [-0.4, -0.2) is 39.0 Å². The summed E-state index contributed by atoms with van der Waals surface area (Å²) in [5, 5.41) is 0. The predicted molar refractivity (Wildman–Crippen MR) is 80.9 cm³/mol. The van der Waals surface area contributed by atoms with E-state index in [0.29, 0.717) is 6.54 Å². The van der Waals surface area contributed by atoms with Gasteiger partial charge in [-0.25, -0.2) is 17.5 Å². The summed E-state index contributed by atoms with van der Waals surface area (Å²) in [5.74, 6) is -0.548. The highest BCUT2D eigenvalue weighted by molar-refractivity contribution is 7.89. The molecule has 21 heavy (non-hydrogen) atoms. The molecule has 0 saturated carbocycles. The Morgan fingerprint density at radius 1 is 1.33 bits per heavy atom. The van der Waals surface area contributed by atoms with E-state index in [1.807, 2.05) is 6.92 Å². The van der Waals surface area contributed by atoms with Crippen LogP contribution in [0.15, 0.2) is 23.1 Å². The lowest BCUT2D eigenvalue weighted by molar-refractivity contribution is 0.215. The first-order valence-corrected chi connectivity index (χ1v) is 8.66. The van der Waals surface area contributed by atoms with E-state index in [4.69, 9.17) is 5.73 Å². The first kappa shape index (κ1) is 16.2. The molecule has 1 unspecified atom stereocenters. The van der Waals surface area contributed by atoms with E-state index in [1.54, 1.807) is 0 Å². The third-order valence-corrected chi connectivity index (χ3v) is 5.26. The van der Waals surface area contributed by atoms with Gasteiger partial charge in [0.1, 0.15) is 10.7 Å². The highest BCUT2D eigenvalue weighted by Crippen LogP contribution is 2.19. The highest BCUT2D eigenvalue weighted by atomic mass is 32.2. The van der Waals surface area contributed by atoms with Gasteiger partial charge in [-0.05, 0) is 51.1 Å². The number of likely N-dealkylation sites (tertiary alicyclic amines) is 1. The maximum Gasteiger partial charge on any atom is 0.242 e. The van der Waals surface area contributed by atoms with Crippen molar-refractivity contribution < 1.29 is 12.8 Å². The summed E-state index contributed by atoms with van der Waals surface area (Å²) in [5.41, 5.74) is 5.52. The van der Waals surface area contributed by atoms with Gasteiger partial charge in [0.2, 0.25) is 10.0 Å². The number of rotatable bonds is 5. The first-order chi connectivity index (χ1) is 9.88. The van der Waals surface area contributed by atoms with Gasteiger partial charge in [-0.3, -0.25) is 0 Å². The van der Waals surface area contributed by atoms with Crippen LogP contribution in [0.1, 0.15) is 26.2 Å². The maximum absolute atomic E-state index is 13.0. The van der Waals surface area contributed by atoms with Crippen LogP contribution in [0.3, 0.4) is 0 Å². The second-order valence-corrected chi connectivity index (χ2v) is 7.25. The van der Waals surface area contributed by atoms with Gasteiger partial charge < -0.3 is 10.6 Å². The lowest BCUT2D eigenvalue weighted by Gasteiger charge is -2.29. The van der Waals surface area contributed by atoms with E-state index in [-0.39, 0.29) is 16.6 Å². The SMILES string of the molecule is CC(CN1CCCCC1)NS(=O)(=O)c1ccc(F)cc1N. The molecule has 1 saturated heterocycles. The molecular formula is C14H22FN3O2S. The third kappa shape index (κ3) is 4.39. The monoisotopic (exact) mass is 315 g/mol. The average Bonchev–Trinajstić information content (AvgIpc) is 2.38. The zero-order valence-electron chi connectivity index (χ0n) is 12.2. The van der Waals surface area contributed by atoms with Gasteiger partial charge in [-0.1, -0.05) is 6.42 Å². The number of halogens is 1. The summed E-state index contributed by atoms with van der Waals surface area (Å²) in [6, 6.07) is 3.09.